The van der Waals surface area contributed by atoms with E-state index in [0.29, 0.717) is 0 Å². The van der Waals surface area contributed by atoms with Gasteiger partial charge in [-0.1, -0.05) is 13.8 Å². The van der Waals surface area contributed by atoms with Crippen LogP contribution in [0.4, 0.5) is 5.69 Å². The SMILES string of the molecule is CC1(C)CCCN(C(=O)c2ccc3c(c2)CCN3)C1.Cl. The van der Waals surface area contributed by atoms with Gasteiger partial charge in [0.15, 0.2) is 0 Å². The lowest BCUT2D eigenvalue weighted by atomic mass is 9.84. The van der Waals surface area contributed by atoms with E-state index in [1.807, 2.05) is 17.0 Å². The average molecular weight is 295 g/mol. The molecule has 0 saturated carbocycles. The Morgan fingerprint density at radius 3 is 2.90 bits per heavy atom. The number of halogens is 1. The number of hydrogen-bond donors (Lipinski definition) is 1. The molecule has 2 aliphatic rings. The molecule has 2 heterocycles. The predicted molar refractivity (Wildman–Crippen MR) is 84.8 cm³/mol. The number of nitrogens with one attached hydrogen (secondary N) is 1. The van der Waals surface area contributed by atoms with Crippen molar-refractivity contribution in [2.75, 3.05) is 25.0 Å². The van der Waals surface area contributed by atoms with Crippen molar-refractivity contribution in [2.24, 2.45) is 5.41 Å². The van der Waals surface area contributed by atoms with E-state index in [4.69, 9.17) is 0 Å². The van der Waals surface area contributed by atoms with Crippen LogP contribution in [0.2, 0.25) is 0 Å². The second-order valence-corrected chi connectivity index (χ2v) is 6.54. The highest BCUT2D eigenvalue weighted by Gasteiger charge is 2.29. The minimum absolute atomic E-state index is 0. The number of nitrogens with zero attached hydrogens (tertiary/aromatic N) is 1. The van der Waals surface area contributed by atoms with Gasteiger partial charge in [0, 0.05) is 30.9 Å². The molecule has 1 N–H and O–H groups in total. The molecular weight excluding hydrogens is 272 g/mol. The van der Waals surface area contributed by atoms with E-state index in [2.05, 4.69) is 25.2 Å². The summed E-state index contributed by atoms with van der Waals surface area (Å²) in [5.41, 5.74) is 3.57. The van der Waals surface area contributed by atoms with Crippen molar-refractivity contribution in [3.63, 3.8) is 0 Å². The molecule has 1 amide bonds. The fraction of sp³-hybridized carbons (Fsp3) is 0.562. The van der Waals surface area contributed by atoms with Gasteiger partial charge in [0.25, 0.3) is 5.91 Å². The first-order valence-corrected chi connectivity index (χ1v) is 7.21. The van der Waals surface area contributed by atoms with Crippen molar-refractivity contribution in [3.05, 3.63) is 29.3 Å². The Morgan fingerprint density at radius 2 is 2.15 bits per heavy atom. The Bertz CT molecular complexity index is 513. The first kappa shape index (κ1) is 15.2. The number of anilines is 1. The summed E-state index contributed by atoms with van der Waals surface area (Å²) in [4.78, 5) is 14.6. The first-order valence-electron chi connectivity index (χ1n) is 7.21. The molecule has 110 valence electrons. The lowest BCUT2D eigenvalue weighted by Gasteiger charge is -2.38. The molecular formula is C16H23ClN2O. The average Bonchev–Trinajstić information content (AvgIpc) is 2.83. The maximum Gasteiger partial charge on any atom is 0.253 e. The molecule has 1 aromatic carbocycles. The summed E-state index contributed by atoms with van der Waals surface area (Å²) >= 11 is 0. The van der Waals surface area contributed by atoms with E-state index in [1.165, 1.54) is 17.7 Å². The number of carbonyl (C=O) groups excluding carboxylic acids is 1. The van der Waals surface area contributed by atoms with E-state index in [9.17, 15) is 4.79 Å². The molecule has 4 heteroatoms. The quantitative estimate of drug-likeness (QED) is 0.861. The maximum atomic E-state index is 12.6. The molecule has 3 rings (SSSR count). The first-order chi connectivity index (χ1) is 9.05. The second kappa shape index (κ2) is 5.65. The molecule has 0 aliphatic carbocycles. The van der Waals surface area contributed by atoms with Crippen LogP contribution in [-0.2, 0) is 6.42 Å². The van der Waals surface area contributed by atoms with E-state index in [1.54, 1.807) is 0 Å². The molecule has 0 bridgehead atoms. The zero-order valence-electron chi connectivity index (χ0n) is 12.2. The van der Waals surface area contributed by atoms with Gasteiger partial charge < -0.3 is 10.2 Å². The number of hydrogen-bond acceptors (Lipinski definition) is 2. The van der Waals surface area contributed by atoms with E-state index in [0.717, 1.165) is 38.0 Å². The monoisotopic (exact) mass is 294 g/mol. The van der Waals surface area contributed by atoms with Crippen LogP contribution in [0.25, 0.3) is 0 Å². The zero-order chi connectivity index (χ0) is 13.5. The van der Waals surface area contributed by atoms with Gasteiger partial charge in [-0.25, -0.2) is 0 Å². The third-order valence-corrected chi connectivity index (χ3v) is 4.25. The normalized spacial score (nSPS) is 19.8. The molecule has 0 aromatic heterocycles. The predicted octanol–water partition coefficient (Wildman–Crippen LogP) is 3.34. The van der Waals surface area contributed by atoms with Crippen LogP contribution in [0.1, 0.15) is 42.6 Å². The van der Waals surface area contributed by atoms with Crippen molar-refractivity contribution >= 4 is 24.0 Å². The Hall–Kier alpha value is -1.22. The summed E-state index contributed by atoms with van der Waals surface area (Å²) in [7, 11) is 0. The van der Waals surface area contributed by atoms with Crippen molar-refractivity contribution in [1.82, 2.24) is 4.90 Å². The number of amides is 1. The fourth-order valence-corrected chi connectivity index (χ4v) is 3.22. The molecule has 2 aliphatic heterocycles. The van der Waals surface area contributed by atoms with Gasteiger partial charge in [0.1, 0.15) is 0 Å². The molecule has 0 spiro atoms. The van der Waals surface area contributed by atoms with Crippen LogP contribution in [-0.4, -0.2) is 30.4 Å². The summed E-state index contributed by atoms with van der Waals surface area (Å²) in [6, 6.07) is 6.07. The van der Waals surface area contributed by atoms with Crippen LogP contribution >= 0.6 is 12.4 Å². The zero-order valence-corrected chi connectivity index (χ0v) is 13.1. The molecule has 1 fully saturated rings. The smallest absolute Gasteiger partial charge is 0.253 e. The molecule has 3 nitrogen and oxygen atoms in total. The van der Waals surface area contributed by atoms with Crippen molar-refractivity contribution in [3.8, 4) is 0 Å². The Labute approximate surface area is 127 Å². The minimum atomic E-state index is 0. The molecule has 1 aromatic rings. The van der Waals surface area contributed by atoms with Crippen LogP contribution in [0.15, 0.2) is 18.2 Å². The molecule has 0 radical (unpaired) electrons. The van der Waals surface area contributed by atoms with E-state index < -0.39 is 0 Å². The van der Waals surface area contributed by atoms with Gasteiger partial charge in [-0.05, 0) is 48.4 Å². The fourth-order valence-electron chi connectivity index (χ4n) is 3.22. The summed E-state index contributed by atoms with van der Waals surface area (Å²) in [6.07, 6.45) is 3.36. The van der Waals surface area contributed by atoms with Crippen LogP contribution in [0.5, 0.6) is 0 Å². The Balaban J connectivity index is 0.00000147. The van der Waals surface area contributed by atoms with Crippen LogP contribution < -0.4 is 5.32 Å². The third kappa shape index (κ3) is 2.93. The Morgan fingerprint density at radius 1 is 1.35 bits per heavy atom. The van der Waals surface area contributed by atoms with Gasteiger partial charge in [-0.3, -0.25) is 4.79 Å². The number of rotatable bonds is 1. The summed E-state index contributed by atoms with van der Waals surface area (Å²) in [5.74, 6) is 0.197. The van der Waals surface area contributed by atoms with E-state index >= 15 is 0 Å². The van der Waals surface area contributed by atoms with Crippen molar-refractivity contribution in [2.45, 2.75) is 33.1 Å². The molecule has 20 heavy (non-hydrogen) atoms. The Kier molecular flexibility index (Phi) is 4.28. The van der Waals surface area contributed by atoms with Crippen molar-refractivity contribution < 1.29 is 4.79 Å². The topological polar surface area (TPSA) is 32.3 Å². The van der Waals surface area contributed by atoms with Gasteiger partial charge in [-0.15, -0.1) is 12.4 Å². The lowest BCUT2D eigenvalue weighted by Crippen LogP contribution is -2.43. The van der Waals surface area contributed by atoms with Crippen molar-refractivity contribution in [1.29, 1.82) is 0 Å². The third-order valence-electron chi connectivity index (χ3n) is 4.25. The standard InChI is InChI=1S/C16H22N2O.ClH/c1-16(2)7-3-9-18(11-16)15(19)13-4-5-14-12(10-13)6-8-17-14;/h4-5,10,17H,3,6-9,11H2,1-2H3;1H. The van der Waals surface area contributed by atoms with Gasteiger partial charge in [0.2, 0.25) is 0 Å². The molecule has 0 atom stereocenters. The number of carbonyl (C=O) groups is 1. The molecule has 1 saturated heterocycles. The number of benzene rings is 1. The van der Waals surface area contributed by atoms with Gasteiger partial charge >= 0.3 is 0 Å². The highest BCUT2D eigenvalue weighted by atomic mass is 35.5. The van der Waals surface area contributed by atoms with Gasteiger partial charge in [0.05, 0.1) is 0 Å². The van der Waals surface area contributed by atoms with E-state index in [-0.39, 0.29) is 23.7 Å². The van der Waals surface area contributed by atoms with Crippen LogP contribution in [0, 0.1) is 5.41 Å². The number of piperidine rings is 1. The molecule has 0 unspecified atom stereocenters. The highest BCUT2D eigenvalue weighted by Crippen LogP contribution is 2.30. The van der Waals surface area contributed by atoms with Gasteiger partial charge in [-0.2, -0.15) is 0 Å². The largest absolute Gasteiger partial charge is 0.384 e. The minimum Gasteiger partial charge on any atom is -0.384 e. The van der Waals surface area contributed by atoms with Crippen LogP contribution in [0.3, 0.4) is 0 Å². The number of fused-ring (bicyclic) bond motifs is 1. The summed E-state index contributed by atoms with van der Waals surface area (Å²) < 4.78 is 0. The highest BCUT2D eigenvalue weighted by molar-refractivity contribution is 5.95. The summed E-state index contributed by atoms with van der Waals surface area (Å²) in [6.45, 7) is 7.26. The number of likely N-dealkylation sites (tertiary alicyclic amines) is 1. The lowest BCUT2D eigenvalue weighted by molar-refractivity contribution is 0.0583. The maximum absolute atomic E-state index is 12.6. The summed E-state index contributed by atoms with van der Waals surface area (Å²) in [5, 5.41) is 3.33. The second-order valence-electron chi connectivity index (χ2n) is 6.54.